The molecular weight excluding hydrogens is 322 g/mol. The standard InChI is InChI=1S/C23H23NO2/c1-2-26-21-15-13-18(14-16-21)17-22(25)24-23(19-9-5-3-6-10-19)20-11-7-4-8-12-20/h3-16,23H,2,17H2,1H3,(H,24,25). The summed E-state index contributed by atoms with van der Waals surface area (Å²) in [5, 5.41) is 3.17. The van der Waals surface area contributed by atoms with E-state index < -0.39 is 0 Å². The fourth-order valence-electron chi connectivity index (χ4n) is 2.92. The van der Waals surface area contributed by atoms with E-state index in [1.807, 2.05) is 91.9 Å². The maximum atomic E-state index is 12.6. The van der Waals surface area contributed by atoms with Gasteiger partial charge in [-0.25, -0.2) is 0 Å². The van der Waals surface area contributed by atoms with Gasteiger partial charge in [0, 0.05) is 0 Å². The second kappa shape index (κ2) is 8.86. The molecule has 0 spiro atoms. The van der Waals surface area contributed by atoms with Gasteiger partial charge in [-0.3, -0.25) is 4.79 Å². The van der Waals surface area contributed by atoms with E-state index in [9.17, 15) is 4.79 Å². The van der Waals surface area contributed by atoms with Gasteiger partial charge in [0.15, 0.2) is 0 Å². The zero-order chi connectivity index (χ0) is 18.2. The molecule has 0 bridgehead atoms. The number of carbonyl (C=O) groups is 1. The smallest absolute Gasteiger partial charge is 0.225 e. The Morgan fingerprint density at radius 2 is 1.38 bits per heavy atom. The third kappa shape index (κ3) is 4.73. The first-order valence-electron chi connectivity index (χ1n) is 8.87. The highest BCUT2D eigenvalue weighted by atomic mass is 16.5. The lowest BCUT2D eigenvalue weighted by atomic mass is 9.98. The highest BCUT2D eigenvalue weighted by molar-refractivity contribution is 5.79. The van der Waals surface area contributed by atoms with E-state index in [1.54, 1.807) is 0 Å². The van der Waals surface area contributed by atoms with E-state index in [1.165, 1.54) is 0 Å². The van der Waals surface area contributed by atoms with Gasteiger partial charge >= 0.3 is 0 Å². The third-order valence-electron chi connectivity index (χ3n) is 4.17. The van der Waals surface area contributed by atoms with Gasteiger partial charge in [0.05, 0.1) is 19.1 Å². The largest absolute Gasteiger partial charge is 0.494 e. The quantitative estimate of drug-likeness (QED) is 0.683. The van der Waals surface area contributed by atoms with Gasteiger partial charge in [0.1, 0.15) is 5.75 Å². The van der Waals surface area contributed by atoms with Crippen LogP contribution in [0.1, 0.15) is 29.7 Å². The normalized spacial score (nSPS) is 10.5. The summed E-state index contributed by atoms with van der Waals surface area (Å²) in [5.74, 6) is 0.815. The molecule has 0 heterocycles. The SMILES string of the molecule is CCOc1ccc(CC(=O)NC(c2ccccc2)c2ccccc2)cc1. The molecular formula is C23H23NO2. The second-order valence-corrected chi connectivity index (χ2v) is 6.08. The van der Waals surface area contributed by atoms with Crippen molar-refractivity contribution < 1.29 is 9.53 Å². The van der Waals surface area contributed by atoms with Crippen molar-refractivity contribution in [3.05, 3.63) is 102 Å². The topological polar surface area (TPSA) is 38.3 Å². The number of rotatable bonds is 7. The average molecular weight is 345 g/mol. The van der Waals surface area contributed by atoms with Gasteiger partial charge in [-0.2, -0.15) is 0 Å². The Morgan fingerprint density at radius 1 is 0.846 bits per heavy atom. The van der Waals surface area contributed by atoms with Crippen molar-refractivity contribution in [1.82, 2.24) is 5.32 Å². The highest BCUT2D eigenvalue weighted by Gasteiger charge is 2.16. The van der Waals surface area contributed by atoms with E-state index in [-0.39, 0.29) is 11.9 Å². The lowest BCUT2D eigenvalue weighted by Gasteiger charge is -2.20. The van der Waals surface area contributed by atoms with Crippen molar-refractivity contribution in [3.63, 3.8) is 0 Å². The van der Waals surface area contributed by atoms with Crippen LogP contribution in [0.5, 0.6) is 5.75 Å². The molecule has 0 saturated heterocycles. The molecule has 0 fully saturated rings. The van der Waals surface area contributed by atoms with Crippen molar-refractivity contribution in [3.8, 4) is 5.75 Å². The summed E-state index contributed by atoms with van der Waals surface area (Å²) < 4.78 is 5.45. The predicted octanol–water partition coefficient (Wildman–Crippen LogP) is 4.53. The number of amides is 1. The van der Waals surface area contributed by atoms with Gasteiger partial charge in [0.2, 0.25) is 5.91 Å². The first kappa shape index (κ1) is 17.7. The van der Waals surface area contributed by atoms with Crippen molar-refractivity contribution in [2.75, 3.05) is 6.61 Å². The lowest BCUT2D eigenvalue weighted by Crippen LogP contribution is -2.30. The van der Waals surface area contributed by atoms with E-state index in [2.05, 4.69) is 5.32 Å². The summed E-state index contributed by atoms with van der Waals surface area (Å²) in [6.07, 6.45) is 0.336. The summed E-state index contributed by atoms with van der Waals surface area (Å²) in [6.45, 7) is 2.59. The van der Waals surface area contributed by atoms with Gasteiger partial charge in [0.25, 0.3) is 0 Å². The van der Waals surface area contributed by atoms with Crippen LogP contribution in [0, 0.1) is 0 Å². The number of carbonyl (C=O) groups excluding carboxylic acids is 1. The zero-order valence-electron chi connectivity index (χ0n) is 14.9. The van der Waals surface area contributed by atoms with Gasteiger partial charge in [-0.05, 0) is 35.7 Å². The summed E-state index contributed by atoms with van der Waals surface area (Å²) in [5.41, 5.74) is 3.10. The maximum Gasteiger partial charge on any atom is 0.225 e. The monoisotopic (exact) mass is 345 g/mol. The molecule has 0 atom stereocenters. The molecule has 0 aliphatic rings. The van der Waals surface area contributed by atoms with Crippen LogP contribution in [0.15, 0.2) is 84.9 Å². The molecule has 3 aromatic rings. The molecule has 3 rings (SSSR count). The lowest BCUT2D eigenvalue weighted by molar-refractivity contribution is -0.120. The van der Waals surface area contributed by atoms with Crippen molar-refractivity contribution in [2.24, 2.45) is 0 Å². The fourth-order valence-corrected chi connectivity index (χ4v) is 2.92. The number of benzene rings is 3. The molecule has 3 aromatic carbocycles. The summed E-state index contributed by atoms with van der Waals surface area (Å²) in [6, 6.07) is 27.6. The number of nitrogens with one attached hydrogen (secondary N) is 1. The number of hydrogen-bond acceptors (Lipinski definition) is 2. The Balaban J connectivity index is 1.73. The third-order valence-corrected chi connectivity index (χ3v) is 4.17. The summed E-state index contributed by atoms with van der Waals surface area (Å²) >= 11 is 0. The summed E-state index contributed by atoms with van der Waals surface area (Å²) in [7, 11) is 0. The van der Waals surface area contributed by atoms with Crippen molar-refractivity contribution >= 4 is 5.91 Å². The van der Waals surface area contributed by atoms with Gasteiger partial charge < -0.3 is 10.1 Å². The molecule has 0 aliphatic heterocycles. The van der Waals surface area contributed by atoms with E-state index in [0.717, 1.165) is 22.4 Å². The molecule has 0 aliphatic carbocycles. The van der Waals surface area contributed by atoms with Crippen LogP contribution >= 0.6 is 0 Å². The average Bonchev–Trinajstić information content (AvgIpc) is 2.69. The van der Waals surface area contributed by atoms with Crippen molar-refractivity contribution in [1.29, 1.82) is 0 Å². The Morgan fingerprint density at radius 3 is 1.88 bits per heavy atom. The van der Waals surface area contributed by atoms with Crippen molar-refractivity contribution in [2.45, 2.75) is 19.4 Å². The first-order valence-corrected chi connectivity index (χ1v) is 8.87. The predicted molar refractivity (Wildman–Crippen MR) is 104 cm³/mol. The van der Waals surface area contributed by atoms with Gasteiger partial charge in [-0.1, -0.05) is 72.8 Å². The molecule has 0 radical (unpaired) electrons. The molecule has 3 nitrogen and oxygen atoms in total. The fraction of sp³-hybridized carbons (Fsp3) is 0.174. The molecule has 26 heavy (non-hydrogen) atoms. The number of hydrogen-bond donors (Lipinski definition) is 1. The Bertz CT molecular complexity index is 774. The second-order valence-electron chi connectivity index (χ2n) is 6.08. The molecule has 1 amide bonds. The van der Waals surface area contributed by atoms with Crippen LogP contribution in [-0.4, -0.2) is 12.5 Å². The first-order chi connectivity index (χ1) is 12.8. The maximum absolute atomic E-state index is 12.6. The highest BCUT2D eigenvalue weighted by Crippen LogP contribution is 2.22. The zero-order valence-corrected chi connectivity index (χ0v) is 14.9. The molecule has 0 unspecified atom stereocenters. The van der Waals surface area contributed by atoms with Crippen LogP contribution in [0.25, 0.3) is 0 Å². The molecule has 1 N–H and O–H groups in total. The Hall–Kier alpha value is -3.07. The molecule has 3 heteroatoms. The van der Waals surface area contributed by atoms with Crippen LogP contribution in [0.4, 0.5) is 0 Å². The summed E-state index contributed by atoms with van der Waals surface area (Å²) in [4.78, 5) is 12.6. The Kier molecular flexibility index (Phi) is 6.05. The molecule has 0 aromatic heterocycles. The van der Waals surface area contributed by atoms with E-state index in [4.69, 9.17) is 4.74 Å². The minimum absolute atomic E-state index is 0.00753. The van der Waals surface area contributed by atoms with Gasteiger partial charge in [-0.15, -0.1) is 0 Å². The van der Waals surface area contributed by atoms with Crippen LogP contribution in [-0.2, 0) is 11.2 Å². The van der Waals surface area contributed by atoms with Crippen LogP contribution in [0.3, 0.4) is 0 Å². The van der Waals surface area contributed by atoms with Crippen LogP contribution in [0.2, 0.25) is 0 Å². The number of ether oxygens (including phenoxy) is 1. The van der Waals surface area contributed by atoms with Crippen LogP contribution < -0.4 is 10.1 Å². The minimum Gasteiger partial charge on any atom is -0.494 e. The minimum atomic E-state index is -0.160. The van der Waals surface area contributed by atoms with E-state index in [0.29, 0.717) is 13.0 Å². The molecule has 132 valence electrons. The Labute approximate surface area is 154 Å². The molecule has 0 saturated carbocycles. The van der Waals surface area contributed by atoms with E-state index >= 15 is 0 Å².